The van der Waals surface area contributed by atoms with Crippen molar-refractivity contribution in [2.24, 2.45) is 4.99 Å². The number of alkyl halides is 2. The number of aliphatic imine (C=N–C) groups is 1. The molecule has 1 aliphatic heterocycles. The van der Waals surface area contributed by atoms with Crippen molar-refractivity contribution in [3.63, 3.8) is 0 Å². The molecule has 0 saturated heterocycles. The molecule has 5 heteroatoms. The third-order valence-corrected chi connectivity index (χ3v) is 7.17. The van der Waals surface area contributed by atoms with Gasteiger partial charge in [0.25, 0.3) is 0 Å². The van der Waals surface area contributed by atoms with Gasteiger partial charge >= 0.3 is 0 Å². The molecule has 0 unspecified atom stereocenters. The Morgan fingerprint density at radius 3 is 2.33 bits per heavy atom. The van der Waals surface area contributed by atoms with Crippen LogP contribution in [-0.4, -0.2) is 21.2 Å². The Morgan fingerprint density at radius 2 is 1.54 bits per heavy atom. The number of aromatic nitrogens is 2. The zero-order valence-electron chi connectivity index (χ0n) is 13.3. The largest absolute Gasteiger partial charge is 0.274 e. The predicted molar refractivity (Wildman–Crippen MR) is 105 cm³/mol. The molecule has 120 valence electrons. The molecule has 0 spiro atoms. The van der Waals surface area contributed by atoms with E-state index in [9.17, 15) is 0 Å². The van der Waals surface area contributed by atoms with Crippen LogP contribution in [0.25, 0.3) is 11.0 Å². The molecule has 2 aromatic carbocycles. The second-order valence-corrected chi connectivity index (χ2v) is 9.83. The molecule has 24 heavy (non-hydrogen) atoms. The number of fused-ring (bicyclic) bond motifs is 2. The van der Waals surface area contributed by atoms with Crippen LogP contribution in [0.15, 0.2) is 59.7 Å². The number of rotatable bonds is 1. The van der Waals surface area contributed by atoms with Crippen LogP contribution in [0.5, 0.6) is 0 Å². The van der Waals surface area contributed by atoms with Gasteiger partial charge in [-0.1, -0.05) is 68.3 Å². The first-order valence-electron chi connectivity index (χ1n) is 7.70. The average molecular weight is 445 g/mol. The van der Waals surface area contributed by atoms with Crippen LogP contribution in [0.2, 0.25) is 0 Å². The van der Waals surface area contributed by atoms with E-state index in [1.807, 2.05) is 42.6 Å². The topological polar surface area (TPSA) is 38.1 Å². The van der Waals surface area contributed by atoms with Gasteiger partial charge in [0, 0.05) is 5.56 Å². The monoisotopic (exact) mass is 443 g/mol. The molecule has 3 nitrogen and oxygen atoms in total. The lowest BCUT2D eigenvalue weighted by Gasteiger charge is -2.40. The van der Waals surface area contributed by atoms with E-state index in [2.05, 4.69) is 62.8 Å². The first-order chi connectivity index (χ1) is 11.4. The quantitative estimate of drug-likeness (QED) is 0.483. The summed E-state index contributed by atoms with van der Waals surface area (Å²) in [5.74, 6) is 0. The van der Waals surface area contributed by atoms with Crippen LogP contribution in [0, 0.1) is 0 Å². The predicted octanol–water partition coefficient (Wildman–Crippen LogP) is 5.20. The van der Waals surface area contributed by atoms with E-state index in [1.54, 1.807) is 0 Å². The van der Waals surface area contributed by atoms with E-state index < -0.39 is 3.23 Å². The lowest BCUT2D eigenvalue weighted by molar-refractivity contribution is 0.485. The van der Waals surface area contributed by atoms with Crippen molar-refractivity contribution in [3.8, 4) is 0 Å². The lowest BCUT2D eigenvalue weighted by Crippen LogP contribution is -2.42. The molecule has 4 rings (SSSR count). The van der Waals surface area contributed by atoms with Gasteiger partial charge in [0.05, 0.1) is 28.5 Å². The fourth-order valence-electron chi connectivity index (χ4n) is 2.97. The van der Waals surface area contributed by atoms with Gasteiger partial charge in [0.1, 0.15) is 8.93 Å². The van der Waals surface area contributed by atoms with E-state index in [0.29, 0.717) is 0 Å². The molecule has 0 atom stereocenters. The Morgan fingerprint density at radius 1 is 0.875 bits per heavy atom. The van der Waals surface area contributed by atoms with Crippen molar-refractivity contribution in [3.05, 3.63) is 71.5 Å². The van der Waals surface area contributed by atoms with E-state index in [0.717, 1.165) is 33.6 Å². The van der Waals surface area contributed by atoms with Crippen molar-refractivity contribution in [2.45, 2.75) is 22.6 Å². The highest BCUT2D eigenvalue weighted by molar-refractivity contribution is 9.24. The smallest absolute Gasteiger partial charge is 0.130 e. The van der Waals surface area contributed by atoms with Gasteiger partial charge in [-0.2, -0.15) is 0 Å². The van der Waals surface area contributed by atoms with Gasteiger partial charge in [0.2, 0.25) is 0 Å². The number of hydrogen-bond acceptors (Lipinski definition) is 3. The SMILES string of the molecule is CC1(C)N=C(c2cnc3ccccc3n2)c2ccccc2C1(Br)Br. The number of benzene rings is 2. The highest BCUT2D eigenvalue weighted by Gasteiger charge is 2.47. The molecule has 1 aromatic heterocycles. The van der Waals surface area contributed by atoms with Crippen LogP contribution >= 0.6 is 31.9 Å². The third-order valence-electron chi connectivity index (χ3n) is 4.37. The Hall–Kier alpha value is -1.59. The number of halogens is 2. The Kier molecular flexibility index (Phi) is 3.62. The first-order valence-corrected chi connectivity index (χ1v) is 9.28. The van der Waals surface area contributed by atoms with E-state index in [1.165, 1.54) is 0 Å². The molecular weight excluding hydrogens is 430 g/mol. The minimum Gasteiger partial charge on any atom is -0.274 e. The van der Waals surface area contributed by atoms with Crippen molar-refractivity contribution >= 4 is 48.6 Å². The molecular formula is C19H15Br2N3. The standard InChI is InChI=1S/C19H15Br2N3/c1-18(2)19(20,21)13-8-4-3-7-12(13)17(24-18)16-11-22-14-9-5-6-10-15(14)23-16/h3-11H,1-2H3. The molecule has 0 N–H and O–H groups in total. The Labute approximate surface area is 157 Å². The highest BCUT2D eigenvalue weighted by Crippen LogP contribution is 2.53. The summed E-state index contributed by atoms with van der Waals surface area (Å²) >= 11 is 7.65. The number of para-hydroxylation sites is 2. The molecule has 2 heterocycles. The second-order valence-electron chi connectivity index (χ2n) is 6.38. The van der Waals surface area contributed by atoms with Crippen LogP contribution in [-0.2, 0) is 3.23 Å². The lowest BCUT2D eigenvalue weighted by atomic mass is 9.86. The summed E-state index contributed by atoms with van der Waals surface area (Å²) in [6, 6.07) is 16.2. The molecule has 0 radical (unpaired) electrons. The third kappa shape index (κ3) is 2.33. The molecule has 0 fully saturated rings. The maximum Gasteiger partial charge on any atom is 0.130 e. The fourth-order valence-corrected chi connectivity index (χ4v) is 3.84. The van der Waals surface area contributed by atoms with E-state index in [4.69, 9.17) is 9.98 Å². The van der Waals surface area contributed by atoms with Crippen LogP contribution < -0.4 is 0 Å². The van der Waals surface area contributed by atoms with Gasteiger partial charge in [0.15, 0.2) is 0 Å². The second kappa shape index (κ2) is 5.46. The zero-order valence-corrected chi connectivity index (χ0v) is 16.5. The van der Waals surface area contributed by atoms with Crippen molar-refractivity contribution < 1.29 is 0 Å². The van der Waals surface area contributed by atoms with Crippen LogP contribution in [0.3, 0.4) is 0 Å². The number of nitrogens with zero attached hydrogens (tertiary/aromatic N) is 3. The normalized spacial score (nSPS) is 18.1. The fraction of sp³-hybridized carbons (Fsp3) is 0.211. The molecule has 3 aromatic rings. The van der Waals surface area contributed by atoms with Gasteiger partial charge in [-0.3, -0.25) is 9.98 Å². The summed E-state index contributed by atoms with van der Waals surface area (Å²) in [6.45, 7) is 4.20. The maximum atomic E-state index is 5.01. The maximum absolute atomic E-state index is 5.01. The summed E-state index contributed by atoms with van der Waals surface area (Å²) in [5.41, 5.74) is 5.27. The highest BCUT2D eigenvalue weighted by atomic mass is 79.9. The number of hydrogen-bond donors (Lipinski definition) is 0. The van der Waals surface area contributed by atoms with Gasteiger partial charge in [-0.15, -0.1) is 0 Å². The molecule has 0 saturated carbocycles. The van der Waals surface area contributed by atoms with Gasteiger partial charge in [-0.25, -0.2) is 4.98 Å². The molecule has 1 aliphatic rings. The summed E-state index contributed by atoms with van der Waals surface area (Å²) in [4.78, 5) is 14.3. The zero-order chi connectivity index (χ0) is 16.9. The average Bonchev–Trinajstić information content (AvgIpc) is 2.58. The van der Waals surface area contributed by atoms with E-state index in [-0.39, 0.29) is 5.54 Å². The van der Waals surface area contributed by atoms with Crippen molar-refractivity contribution in [1.29, 1.82) is 0 Å². The van der Waals surface area contributed by atoms with Crippen LogP contribution in [0.1, 0.15) is 30.7 Å². The van der Waals surface area contributed by atoms with Crippen molar-refractivity contribution in [1.82, 2.24) is 9.97 Å². The minimum atomic E-state index is -0.419. The first kappa shape index (κ1) is 15.9. The Balaban J connectivity index is 1.98. The summed E-state index contributed by atoms with van der Waals surface area (Å²) in [7, 11) is 0. The molecule has 0 bridgehead atoms. The molecule has 0 amide bonds. The summed E-state index contributed by atoms with van der Waals surface area (Å²) in [5, 5.41) is 0. The molecule has 0 aliphatic carbocycles. The van der Waals surface area contributed by atoms with Gasteiger partial charge in [-0.05, 0) is 31.5 Å². The summed E-state index contributed by atoms with van der Waals surface area (Å²) in [6.07, 6.45) is 1.81. The van der Waals surface area contributed by atoms with Crippen molar-refractivity contribution in [2.75, 3.05) is 0 Å². The van der Waals surface area contributed by atoms with Gasteiger partial charge < -0.3 is 0 Å². The summed E-state index contributed by atoms with van der Waals surface area (Å²) < 4.78 is -0.419. The Bertz CT molecular complexity index is 977. The minimum absolute atomic E-state index is 0.385. The van der Waals surface area contributed by atoms with E-state index >= 15 is 0 Å². The van der Waals surface area contributed by atoms with Crippen LogP contribution in [0.4, 0.5) is 0 Å².